The molecule has 0 heterocycles. The smallest absolute Gasteiger partial charge is 0.309 e. The van der Waals surface area contributed by atoms with Crippen molar-refractivity contribution in [3.8, 4) is 0 Å². The lowest BCUT2D eigenvalue weighted by molar-refractivity contribution is -0.194. The van der Waals surface area contributed by atoms with Crippen molar-refractivity contribution in [1.29, 1.82) is 0 Å². The Labute approximate surface area is 69.1 Å². The zero-order valence-electron chi connectivity index (χ0n) is 7.30. The summed E-state index contributed by atoms with van der Waals surface area (Å²) in [5, 5.41) is 2.26. The summed E-state index contributed by atoms with van der Waals surface area (Å²) in [6.07, 6.45) is 0. The van der Waals surface area contributed by atoms with Crippen LogP contribution in [0.5, 0.6) is 0 Å². The minimum atomic E-state index is -3.97. The highest BCUT2D eigenvalue weighted by atomic mass is 19.3. The number of hydrogen-bond donors (Lipinski definition) is 1. The van der Waals surface area contributed by atoms with E-state index in [1.165, 1.54) is 0 Å². The van der Waals surface area contributed by atoms with Crippen LogP contribution in [0.2, 0.25) is 0 Å². The van der Waals surface area contributed by atoms with Crippen LogP contribution in [0.15, 0.2) is 0 Å². The van der Waals surface area contributed by atoms with Gasteiger partial charge in [-0.3, -0.25) is 0 Å². The lowest BCUT2D eigenvalue weighted by Crippen LogP contribution is -2.47. The maximum atomic E-state index is 12.5. The predicted octanol–water partition coefficient (Wildman–Crippen LogP) is 2.27. The van der Waals surface area contributed by atoms with Crippen molar-refractivity contribution in [3.63, 3.8) is 0 Å². The summed E-state index contributed by atoms with van der Waals surface area (Å²) < 4.78 is 49.3. The molecule has 0 aliphatic heterocycles. The van der Waals surface area contributed by atoms with Crippen LogP contribution in [0, 0.1) is 0 Å². The molecule has 0 rings (SSSR count). The fraction of sp³-hybridized carbons (Fsp3) is 1.00. The van der Waals surface area contributed by atoms with E-state index in [0.717, 1.165) is 0 Å². The monoisotopic (exact) mass is 187 g/mol. The fourth-order valence-electron chi connectivity index (χ4n) is 0.488. The van der Waals surface area contributed by atoms with Crippen molar-refractivity contribution in [2.45, 2.75) is 38.7 Å². The first-order chi connectivity index (χ1) is 5.17. The van der Waals surface area contributed by atoms with E-state index in [9.17, 15) is 17.6 Å². The number of halogens is 4. The second kappa shape index (κ2) is 3.60. The average Bonchev–Trinajstić information content (AvgIpc) is 1.81. The van der Waals surface area contributed by atoms with E-state index in [-0.39, 0.29) is 13.0 Å². The SMILES string of the molecule is CC(C)NCC(F)(F)C(C)(F)F. The van der Waals surface area contributed by atoms with Gasteiger partial charge in [0, 0.05) is 13.0 Å². The molecule has 74 valence electrons. The molecule has 0 saturated heterocycles. The molecule has 5 heteroatoms. The van der Waals surface area contributed by atoms with Crippen LogP contribution in [0.3, 0.4) is 0 Å². The molecule has 0 unspecified atom stereocenters. The first-order valence-electron chi connectivity index (χ1n) is 3.66. The third-order valence-corrected chi connectivity index (χ3v) is 1.37. The minimum absolute atomic E-state index is 0.217. The number of rotatable bonds is 4. The lowest BCUT2D eigenvalue weighted by atomic mass is 10.2. The minimum Gasteiger partial charge on any atom is -0.309 e. The van der Waals surface area contributed by atoms with Gasteiger partial charge >= 0.3 is 11.8 Å². The third kappa shape index (κ3) is 3.38. The Hall–Kier alpha value is -0.320. The molecule has 0 spiro atoms. The van der Waals surface area contributed by atoms with Crippen LogP contribution < -0.4 is 5.32 Å². The van der Waals surface area contributed by atoms with E-state index in [0.29, 0.717) is 0 Å². The van der Waals surface area contributed by atoms with Crippen LogP contribution >= 0.6 is 0 Å². The number of alkyl halides is 4. The molecule has 0 aromatic rings. The fourth-order valence-corrected chi connectivity index (χ4v) is 0.488. The Balaban J connectivity index is 4.05. The molecule has 0 atom stereocenters. The topological polar surface area (TPSA) is 12.0 Å². The van der Waals surface area contributed by atoms with E-state index in [2.05, 4.69) is 5.32 Å². The van der Waals surface area contributed by atoms with Crippen LogP contribution in [0.4, 0.5) is 17.6 Å². The normalized spacial score (nSPS) is 14.0. The highest BCUT2D eigenvalue weighted by molar-refractivity contribution is 4.83. The Morgan fingerprint density at radius 3 is 1.83 bits per heavy atom. The van der Waals surface area contributed by atoms with Gasteiger partial charge in [0.1, 0.15) is 0 Å². The van der Waals surface area contributed by atoms with Gasteiger partial charge in [-0.05, 0) is 0 Å². The second-order valence-electron chi connectivity index (χ2n) is 3.13. The van der Waals surface area contributed by atoms with E-state index >= 15 is 0 Å². The van der Waals surface area contributed by atoms with Crippen molar-refractivity contribution in [2.75, 3.05) is 6.54 Å². The summed E-state index contributed by atoms with van der Waals surface area (Å²) in [5.74, 6) is -7.94. The zero-order chi connectivity index (χ0) is 9.99. The lowest BCUT2D eigenvalue weighted by Gasteiger charge is -2.24. The van der Waals surface area contributed by atoms with E-state index in [4.69, 9.17) is 0 Å². The molecular formula is C7H13F4N. The Kier molecular flexibility index (Phi) is 3.50. The molecule has 0 aromatic heterocycles. The van der Waals surface area contributed by atoms with Gasteiger partial charge in [-0.25, -0.2) is 8.78 Å². The molecule has 1 nitrogen and oxygen atoms in total. The molecule has 0 fully saturated rings. The van der Waals surface area contributed by atoms with Crippen LogP contribution in [0.25, 0.3) is 0 Å². The molecule has 1 N–H and O–H groups in total. The summed E-state index contributed by atoms with van der Waals surface area (Å²) in [4.78, 5) is 0. The molecule has 0 bridgehead atoms. The zero-order valence-corrected chi connectivity index (χ0v) is 7.30. The van der Waals surface area contributed by atoms with Gasteiger partial charge in [0.15, 0.2) is 0 Å². The largest absolute Gasteiger partial charge is 0.322 e. The van der Waals surface area contributed by atoms with Gasteiger partial charge in [-0.15, -0.1) is 0 Å². The molecule has 0 aliphatic carbocycles. The van der Waals surface area contributed by atoms with E-state index in [1.54, 1.807) is 13.8 Å². The second-order valence-corrected chi connectivity index (χ2v) is 3.13. The molecule has 0 amide bonds. The van der Waals surface area contributed by atoms with Crippen LogP contribution in [-0.4, -0.2) is 24.4 Å². The van der Waals surface area contributed by atoms with Crippen molar-refractivity contribution >= 4 is 0 Å². The Morgan fingerprint density at radius 1 is 1.17 bits per heavy atom. The number of nitrogens with one attached hydrogen (secondary N) is 1. The Bertz CT molecular complexity index is 139. The summed E-state index contributed by atoms with van der Waals surface area (Å²) >= 11 is 0. The van der Waals surface area contributed by atoms with Crippen molar-refractivity contribution in [2.24, 2.45) is 0 Å². The van der Waals surface area contributed by atoms with Gasteiger partial charge in [0.25, 0.3) is 0 Å². The summed E-state index contributed by atoms with van der Waals surface area (Å²) in [5.41, 5.74) is 0. The van der Waals surface area contributed by atoms with Gasteiger partial charge in [-0.2, -0.15) is 8.78 Å². The first kappa shape index (κ1) is 11.7. The van der Waals surface area contributed by atoms with Gasteiger partial charge in [-0.1, -0.05) is 13.8 Å². The van der Waals surface area contributed by atoms with Crippen LogP contribution in [0.1, 0.15) is 20.8 Å². The average molecular weight is 187 g/mol. The Morgan fingerprint density at radius 2 is 1.58 bits per heavy atom. The summed E-state index contributed by atoms with van der Waals surface area (Å²) in [7, 11) is 0. The molecular weight excluding hydrogens is 174 g/mol. The van der Waals surface area contributed by atoms with Crippen molar-refractivity contribution < 1.29 is 17.6 Å². The van der Waals surface area contributed by atoms with Gasteiger partial charge in [0.05, 0.1) is 6.54 Å². The summed E-state index contributed by atoms with van der Waals surface area (Å²) in [6.45, 7) is 2.46. The highest BCUT2D eigenvalue weighted by Crippen LogP contribution is 2.32. The van der Waals surface area contributed by atoms with Crippen molar-refractivity contribution in [3.05, 3.63) is 0 Å². The maximum absolute atomic E-state index is 12.5. The molecule has 0 aromatic carbocycles. The molecule has 0 aliphatic rings. The van der Waals surface area contributed by atoms with E-state index in [1.807, 2.05) is 0 Å². The van der Waals surface area contributed by atoms with Crippen molar-refractivity contribution in [1.82, 2.24) is 5.32 Å². The van der Waals surface area contributed by atoms with Gasteiger partial charge < -0.3 is 5.32 Å². The van der Waals surface area contributed by atoms with Crippen LogP contribution in [-0.2, 0) is 0 Å². The highest BCUT2D eigenvalue weighted by Gasteiger charge is 2.51. The summed E-state index contributed by atoms with van der Waals surface area (Å²) in [6, 6.07) is -0.224. The number of hydrogen-bond acceptors (Lipinski definition) is 1. The third-order valence-electron chi connectivity index (χ3n) is 1.37. The molecule has 12 heavy (non-hydrogen) atoms. The maximum Gasteiger partial charge on any atom is 0.322 e. The molecule has 0 saturated carbocycles. The molecule has 0 radical (unpaired) electrons. The predicted molar refractivity (Wildman–Crippen MR) is 38.7 cm³/mol. The van der Waals surface area contributed by atoms with Gasteiger partial charge in [0.2, 0.25) is 0 Å². The van der Waals surface area contributed by atoms with E-state index < -0.39 is 18.4 Å². The standard InChI is InChI=1S/C7H13F4N/c1-5(2)12-4-7(10,11)6(3,8)9/h5,12H,4H2,1-3H3. The quantitative estimate of drug-likeness (QED) is 0.666. The first-order valence-corrected chi connectivity index (χ1v) is 3.66.